The highest BCUT2D eigenvalue weighted by molar-refractivity contribution is 5.50. The van der Waals surface area contributed by atoms with Crippen LogP contribution in [0.3, 0.4) is 0 Å². The zero-order valence-corrected chi connectivity index (χ0v) is 11.2. The van der Waals surface area contributed by atoms with Gasteiger partial charge >= 0.3 is 0 Å². The molecule has 0 amide bonds. The fourth-order valence-electron chi connectivity index (χ4n) is 3.18. The fourth-order valence-corrected chi connectivity index (χ4v) is 3.18. The molecule has 1 unspecified atom stereocenters. The molecule has 0 aromatic rings. The van der Waals surface area contributed by atoms with E-state index in [1.54, 1.807) is 0 Å². The Morgan fingerprint density at radius 3 is 2.56 bits per heavy atom. The van der Waals surface area contributed by atoms with E-state index >= 15 is 0 Å². The van der Waals surface area contributed by atoms with Crippen LogP contribution in [0, 0.1) is 34.0 Å². The molecule has 0 aromatic carbocycles. The number of hydrogen-bond donors (Lipinski definition) is 0. The zero-order valence-electron chi connectivity index (χ0n) is 11.2. The maximum Gasteiger partial charge on any atom is 0.132 e. The van der Waals surface area contributed by atoms with Gasteiger partial charge in [0, 0.05) is 0 Å². The van der Waals surface area contributed by atoms with Crippen molar-refractivity contribution in [3.8, 4) is 12.1 Å². The van der Waals surface area contributed by atoms with E-state index in [-0.39, 0.29) is 11.0 Å². The number of rotatable bonds is 0. The van der Waals surface area contributed by atoms with Crippen molar-refractivity contribution in [2.45, 2.75) is 40.0 Å². The number of allylic oxidation sites excluding steroid dienone is 6. The van der Waals surface area contributed by atoms with E-state index in [4.69, 9.17) is 10.5 Å². The Labute approximate surface area is 109 Å². The van der Waals surface area contributed by atoms with Crippen LogP contribution in [0.1, 0.15) is 40.0 Å². The summed E-state index contributed by atoms with van der Waals surface area (Å²) in [5, 5.41) is 18.0. The third kappa shape index (κ3) is 2.12. The van der Waals surface area contributed by atoms with Crippen molar-refractivity contribution in [2.75, 3.05) is 0 Å². The van der Waals surface area contributed by atoms with Crippen molar-refractivity contribution in [3.63, 3.8) is 0 Å². The normalized spacial score (nSPS) is 25.2. The molecule has 92 valence electrons. The van der Waals surface area contributed by atoms with Gasteiger partial charge in [0.15, 0.2) is 0 Å². The highest BCUT2D eigenvalue weighted by Crippen LogP contribution is 2.48. The van der Waals surface area contributed by atoms with Crippen LogP contribution >= 0.6 is 0 Å². The Kier molecular flexibility index (Phi) is 3.14. The highest BCUT2D eigenvalue weighted by atomic mass is 14.4. The van der Waals surface area contributed by atoms with Crippen LogP contribution < -0.4 is 0 Å². The molecule has 2 rings (SSSR count). The molecule has 0 spiro atoms. The zero-order chi connectivity index (χ0) is 13.3. The molecule has 0 radical (unpaired) electrons. The van der Waals surface area contributed by atoms with E-state index in [1.807, 2.05) is 12.1 Å². The number of nitriles is 2. The van der Waals surface area contributed by atoms with E-state index in [0.717, 1.165) is 18.4 Å². The molecular formula is C16H18N2. The van der Waals surface area contributed by atoms with Gasteiger partial charge in [-0.25, -0.2) is 0 Å². The van der Waals surface area contributed by atoms with E-state index in [0.29, 0.717) is 5.92 Å². The van der Waals surface area contributed by atoms with E-state index in [2.05, 4.69) is 32.9 Å². The summed E-state index contributed by atoms with van der Waals surface area (Å²) in [7, 11) is 0. The molecule has 0 fully saturated rings. The summed E-state index contributed by atoms with van der Waals surface area (Å²) in [4.78, 5) is 0. The van der Waals surface area contributed by atoms with Crippen LogP contribution in [0.4, 0.5) is 0 Å². The lowest BCUT2D eigenvalue weighted by Crippen LogP contribution is -2.31. The van der Waals surface area contributed by atoms with Crippen molar-refractivity contribution in [2.24, 2.45) is 11.3 Å². The summed E-state index contributed by atoms with van der Waals surface area (Å²) < 4.78 is 0. The van der Waals surface area contributed by atoms with Crippen molar-refractivity contribution < 1.29 is 0 Å². The maximum atomic E-state index is 9.02. The average Bonchev–Trinajstić information content (AvgIpc) is 2.28. The van der Waals surface area contributed by atoms with Crippen molar-refractivity contribution >= 4 is 0 Å². The van der Waals surface area contributed by atoms with Gasteiger partial charge in [-0.05, 0) is 48.7 Å². The van der Waals surface area contributed by atoms with Gasteiger partial charge in [-0.1, -0.05) is 31.6 Å². The van der Waals surface area contributed by atoms with Crippen LogP contribution in [0.2, 0.25) is 0 Å². The Hall–Kier alpha value is -1.80. The van der Waals surface area contributed by atoms with Gasteiger partial charge < -0.3 is 0 Å². The third-order valence-corrected chi connectivity index (χ3v) is 4.12. The van der Waals surface area contributed by atoms with Gasteiger partial charge in [0.2, 0.25) is 0 Å². The van der Waals surface area contributed by atoms with Gasteiger partial charge in [-0.3, -0.25) is 0 Å². The Balaban J connectivity index is 2.56. The first-order valence-electron chi connectivity index (χ1n) is 6.40. The van der Waals surface area contributed by atoms with E-state index in [1.165, 1.54) is 17.6 Å². The molecule has 0 saturated heterocycles. The maximum absolute atomic E-state index is 9.02. The Bertz CT molecular complexity index is 529. The smallest absolute Gasteiger partial charge is 0.132 e. The fraction of sp³-hybridized carbons (Fsp3) is 0.500. The molecule has 18 heavy (non-hydrogen) atoms. The third-order valence-electron chi connectivity index (χ3n) is 4.12. The quantitative estimate of drug-likeness (QED) is 0.598. The van der Waals surface area contributed by atoms with Crippen LogP contribution in [-0.4, -0.2) is 0 Å². The van der Waals surface area contributed by atoms with Gasteiger partial charge in [0.25, 0.3) is 0 Å². The lowest BCUT2D eigenvalue weighted by atomic mass is 9.63. The van der Waals surface area contributed by atoms with Gasteiger partial charge in [0.05, 0.1) is 0 Å². The number of hydrogen-bond acceptors (Lipinski definition) is 2. The molecule has 2 aliphatic rings. The SMILES string of the molecule is CC1=CC2=CC(=C(C#N)C#N)CC(C)(C)C2CC1. The van der Waals surface area contributed by atoms with Gasteiger partial charge in [-0.2, -0.15) is 10.5 Å². The van der Waals surface area contributed by atoms with Crippen LogP contribution in [-0.2, 0) is 0 Å². The second-order valence-electron chi connectivity index (χ2n) is 6.02. The first-order chi connectivity index (χ1) is 8.47. The van der Waals surface area contributed by atoms with Gasteiger partial charge in [0.1, 0.15) is 17.7 Å². The van der Waals surface area contributed by atoms with E-state index in [9.17, 15) is 0 Å². The van der Waals surface area contributed by atoms with E-state index < -0.39 is 0 Å². The first-order valence-corrected chi connectivity index (χ1v) is 6.40. The summed E-state index contributed by atoms with van der Waals surface area (Å²) in [5.74, 6) is 0.559. The van der Waals surface area contributed by atoms with Crippen molar-refractivity contribution in [1.82, 2.24) is 0 Å². The molecular weight excluding hydrogens is 220 g/mol. The predicted molar refractivity (Wildman–Crippen MR) is 71.2 cm³/mol. The monoisotopic (exact) mass is 238 g/mol. The summed E-state index contributed by atoms with van der Waals surface area (Å²) in [6.45, 7) is 6.63. The molecule has 0 N–H and O–H groups in total. The minimum Gasteiger partial charge on any atom is -0.192 e. The molecule has 2 nitrogen and oxygen atoms in total. The minimum atomic E-state index is 0.134. The largest absolute Gasteiger partial charge is 0.192 e. The molecule has 1 atom stereocenters. The Morgan fingerprint density at radius 1 is 1.28 bits per heavy atom. The lowest BCUT2D eigenvalue weighted by molar-refractivity contribution is 0.224. The summed E-state index contributed by atoms with van der Waals surface area (Å²) in [6, 6.07) is 4.04. The first kappa shape index (κ1) is 12.7. The second-order valence-corrected chi connectivity index (χ2v) is 6.02. The summed E-state index contributed by atoms with van der Waals surface area (Å²) >= 11 is 0. The molecule has 2 heteroatoms. The van der Waals surface area contributed by atoms with Crippen LogP contribution in [0.25, 0.3) is 0 Å². The molecule has 0 saturated carbocycles. The minimum absolute atomic E-state index is 0.134. The standard InChI is InChI=1S/C16H18N2/c1-11-4-5-15-12(6-11)7-13(8-16(15,2)3)14(9-17)10-18/h6-7,15H,4-5,8H2,1-3H3. The average molecular weight is 238 g/mol. The van der Waals surface area contributed by atoms with Gasteiger partial charge in [-0.15, -0.1) is 0 Å². The number of nitrogens with zero attached hydrogens (tertiary/aromatic N) is 2. The van der Waals surface area contributed by atoms with Crippen LogP contribution in [0.15, 0.2) is 34.4 Å². The summed E-state index contributed by atoms with van der Waals surface area (Å²) in [6.07, 6.45) is 7.48. The van der Waals surface area contributed by atoms with Crippen molar-refractivity contribution in [1.29, 1.82) is 10.5 Å². The molecule has 0 bridgehead atoms. The Morgan fingerprint density at radius 2 is 1.94 bits per heavy atom. The van der Waals surface area contributed by atoms with Crippen LogP contribution in [0.5, 0.6) is 0 Å². The molecule has 2 aliphatic carbocycles. The second kappa shape index (κ2) is 4.46. The topological polar surface area (TPSA) is 47.6 Å². The summed E-state index contributed by atoms with van der Waals surface area (Å²) in [5.41, 5.74) is 4.00. The molecule has 0 aliphatic heterocycles. The lowest BCUT2D eigenvalue weighted by Gasteiger charge is -2.41. The van der Waals surface area contributed by atoms with Crippen molar-refractivity contribution in [3.05, 3.63) is 34.4 Å². The molecule has 0 heterocycles. The molecule has 0 aromatic heterocycles. The predicted octanol–water partition coefficient (Wildman–Crippen LogP) is 4.04. The highest BCUT2D eigenvalue weighted by Gasteiger charge is 2.37. The number of fused-ring (bicyclic) bond motifs is 1.